The van der Waals surface area contributed by atoms with Crippen molar-refractivity contribution in [2.45, 2.75) is 25.2 Å². The van der Waals surface area contributed by atoms with Gasteiger partial charge in [-0.25, -0.2) is 18.2 Å². The number of benzene rings is 2. The Bertz CT molecular complexity index is 1470. The Kier molecular flexibility index (Phi) is 6.27. The Morgan fingerprint density at radius 3 is 2.26 bits per heavy atom. The van der Waals surface area contributed by atoms with E-state index in [9.17, 15) is 39.5 Å². The molecular formula is C25H17F9N4. The monoisotopic (exact) mass is 544 g/mol. The molecule has 0 aliphatic carbocycles. The zero-order valence-electron chi connectivity index (χ0n) is 19.2. The Labute approximate surface area is 209 Å². The van der Waals surface area contributed by atoms with Crippen molar-refractivity contribution in [3.8, 4) is 11.1 Å². The summed E-state index contributed by atoms with van der Waals surface area (Å²) in [5.74, 6) is -6.53. The zero-order chi connectivity index (χ0) is 27.4. The molecule has 1 unspecified atom stereocenters. The fourth-order valence-corrected chi connectivity index (χ4v) is 4.57. The van der Waals surface area contributed by atoms with Crippen molar-refractivity contribution in [2.75, 3.05) is 18.0 Å². The minimum absolute atomic E-state index is 0.0490. The van der Waals surface area contributed by atoms with E-state index in [1.54, 1.807) is 11.0 Å². The molecule has 2 aliphatic rings. The van der Waals surface area contributed by atoms with E-state index in [0.717, 1.165) is 6.07 Å². The summed E-state index contributed by atoms with van der Waals surface area (Å²) < 4.78 is 122. The van der Waals surface area contributed by atoms with Gasteiger partial charge in [0.1, 0.15) is 5.92 Å². The van der Waals surface area contributed by atoms with Crippen molar-refractivity contribution in [2.24, 2.45) is 10.9 Å². The van der Waals surface area contributed by atoms with Gasteiger partial charge in [0.05, 0.1) is 22.3 Å². The number of hydrogen-bond acceptors (Lipinski definition) is 3. The molecule has 0 amide bonds. The molecule has 1 N–H and O–H groups in total. The summed E-state index contributed by atoms with van der Waals surface area (Å²) in [5, 5.41) is 0. The van der Waals surface area contributed by atoms with Gasteiger partial charge in [-0.05, 0) is 48.2 Å². The molecule has 0 saturated carbocycles. The Hall–Kier alpha value is -3.77. The smallest absolute Gasteiger partial charge is 0.338 e. The number of fused-ring (bicyclic) bond motifs is 1. The van der Waals surface area contributed by atoms with Crippen LogP contribution in [-0.4, -0.2) is 34.9 Å². The van der Waals surface area contributed by atoms with Crippen LogP contribution >= 0.6 is 0 Å². The molecular weight excluding hydrogens is 527 g/mol. The maximum Gasteiger partial charge on any atom is 0.416 e. The van der Waals surface area contributed by atoms with Gasteiger partial charge in [-0.2, -0.15) is 26.3 Å². The molecule has 0 radical (unpaired) electrons. The van der Waals surface area contributed by atoms with Crippen molar-refractivity contribution < 1.29 is 39.5 Å². The lowest BCUT2D eigenvalue weighted by molar-refractivity contribution is -0.154. The van der Waals surface area contributed by atoms with Crippen LogP contribution in [0.2, 0.25) is 0 Å². The largest absolute Gasteiger partial charge is 0.416 e. The lowest BCUT2D eigenvalue weighted by atomic mass is 9.88. The summed E-state index contributed by atoms with van der Waals surface area (Å²) in [5.41, 5.74) is -1.54. The number of aromatic nitrogens is 2. The number of nitrogens with one attached hydrogen (secondary N) is 1. The summed E-state index contributed by atoms with van der Waals surface area (Å²) in [7, 11) is 0. The van der Waals surface area contributed by atoms with E-state index in [4.69, 9.17) is 0 Å². The van der Waals surface area contributed by atoms with Gasteiger partial charge in [0, 0.05) is 24.9 Å². The molecule has 4 nitrogen and oxygen atoms in total. The van der Waals surface area contributed by atoms with Gasteiger partial charge in [-0.15, -0.1) is 0 Å². The standard InChI is InChI=1S/C25H17F9N4/c26-17-8-13(9-18(27)20(17)28)15-10-14(24(29,30)31)11-19-22(15)37-23(36-19)38-6-3-12(4-7-38)21-16(25(32,33)34)2-1-5-35-21/h1,3,5,8-11,16H,2,4,6-7H2,(H,36,37). The van der Waals surface area contributed by atoms with Crippen molar-refractivity contribution in [3.63, 3.8) is 0 Å². The molecule has 200 valence electrons. The van der Waals surface area contributed by atoms with Crippen LogP contribution in [0.15, 0.2) is 53.2 Å². The molecule has 0 fully saturated rings. The number of imidazole rings is 1. The first-order valence-corrected chi connectivity index (χ1v) is 11.3. The molecule has 2 aliphatic heterocycles. The molecule has 13 heteroatoms. The van der Waals surface area contributed by atoms with Crippen molar-refractivity contribution in [3.05, 3.63) is 71.2 Å². The van der Waals surface area contributed by atoms with Crippen LogP contribution in [0.3, 0.4) is 0 Å². The SMILES string of the molecule is Fc1cc(-c2cc(C(F)(F)F)cc3[nH]c(N4CC=C(C5=NC=CCC5C(F)(F)F)CC4)nc23)cc(F)c1F. The molecule has 1 aromatic heterocycles. The van der Waals surface area contributed by atoms with Gasteiger partial charge in [-0.1, -0.05) is 12.2 Å². The summed E-state index contributed by atoms with van der Waals surface area (Å²) >= 11 is 0. The number of H-pyrrole nitrogens is 1. The molecule has 2 aromatic carbocycles. The first-order valence-electron chi connectivity index (χ1n) is 11.3. The topological polar surface area (TPSA) is 44.3 Å². The van der Waals surface area contributed by atoms with Crippen LogP contribution in [-0.2, 0) is 6.18 Å². The fraction of sp³-hybridized carbons (Fsp3) is 0.280. The minimum Gasteiger partial charge on any atom is -0.338 e. The van der Waals surface area contributed by atoms with E-state index in [2.05, 4.69) is 15.0 Å². The quantitative estimate of drug-likeness (QED) is 0.277. The predicted molar refractivity (Wildman–Crippen MR) is 122 cm³/mol. The lowest BCUT2D eigenvalue weighted by Crippen LogP contribution is -2.36. The van der Waals surface area contributed by atoms with Crippen LogP contribution in [0.1, 0.15) is 18.4 Å². The minimum atomic E-state index is -4.81. The highest BCUT2D eigenvalue weighted by Crippen LogP contribution is 2.39. The van der Waals surface area contributed by atoms with E-state index in [0.29, 0.717) is 23.8 Å². The second-order valence-corrected chi connectivity index (χ2v) is 8.89. The number of rotatable bonds is 3. The van der Waals surface area contributed by atoms with Gasteiger partial charge >= 0.3 is 12.4 Å². The van der Waals surface area contributed by atoms with E-state index >= 15 is 0 Å². The number of nitrogens with zero attached hydrogens (tertiary/aromatic N) is 3. The van der Waals surface area contributed by atoms with Crippen LogP contribution < -0.4 is 4.90 Å². The number of alkyl halides is 6. The molecule has 38 heavy (non-hydrogen) atoms. The predicted octanol–water partition coefficient (Wildman–Crippen LogP) is 7.34. The Balaban J connectivity index is 1.52. The Morgan fingerprint density at radius 1 is 0.947 bits per heavy atom. The van der Waals surface area contributed by atoms with Gasteiger partial charge in [-0.3, -0.25) is 4.99 Å². The van der Waals surface area contributed by atoms with Gasteiger partial charge < -0.3 is 9.88 Å². The van der Waals surface area contributed by atoms with E-state index < -0.39 is 41.3 Å². The van der Waals surface area contributed by atoms with Crippen LogP contribution in [0.5, 0.6) is 0 Å². The average Bonchev–Trinajstić information content (AvgIpc) is 3.30. The van der Waals surface area contributed by atoms with E-state index in [-0.39, 0.29) is 59.8 Å². The van der Waals surface area contributed by atoms with Crippen molar-refractivity contribution in [1.29, 1.82) is 0 Å². The summed E-state index contributed by atoms with van der Waals surface area (Å²) in [6.45, 7) is 0.268. The Morgan fingerprint density at radius 2 is 1.66 bits per heavy atom. The zero-order valence-corrected chi connectivity index (χ0v) is 19.2. The third-order valence-electron chi connectivity index (χ3n) is 6.45. The van der Waals surface area contributed by atoms with Crippen molar-refractivity contribution in [1.82, 2.24) is 9.97 Å². The molecule has 1 atom stereocenters. The van der Waals surface area contributed by atoms with Crippen molar-refractivity contribution >= 4 is 22.7 Å². The maximum absolute atomic E-state index is 13.9. The highest BCUT2D eigenvalue weighted by Gasteiger charge is 2.44. The summed E-state index contributed by atoms with van der Waals surface area (Å²) in [6.07, 6.45) is -5.10. The molecule has 3 aromatic rings. The normalized spacial score (nSPS) is 18.7. The third-order valence-corrected chi connectivity index (χ3v) is 6.45. The summed E-state index contributed by atoms with van der Waals surface area (Å²) in [4.78, 5) is 12.6. The van der Waals surface area contributed by atoms with Gasteiger partial charge in [0.15, 0.2) is 17.5 Å². The van der Waals surface area contributed by atoms with E-state index in [1.165, 1.54) is 12.3 Å². The highest BCUT2D eigenvalue weighted by molar-refractivity contribution is 6.03. The molecule has 0 saturated heterocycles. The number of aliphatic imine (C=N–C) groups is 1. The van der Waals surface area contributed by atoms with Crippen LogP contribution in [0, 0.1) is 23.4 Å². The number of allylic oxidation sites excluding steroid dienone is 1. The third kappa shape index (κ3) is 4.76. The number of aromatic amines is 1. The molecule has 5 rings (SSSR count). The second-order valence-electron chi connectivity index (χ2n) is 8.89. The highest BCUT2D eigenvalue weighted by atomic mass is 19.4. The maximum atomic E-state index is 13.9. The first-order chi connectivity index (χ1) is 17.8. The van der Waals surface area contributed by atoms with Crippen LogP contribution in [0.25, 0.3) is 22.2 Å². The van der Waals surface area contributed by atoms with Gasteiger partial charge in [0.2, 0.25) is 5.95 Å². The van der Waals surface area contributed by atoms with Crippen LogP contribution in [0.4, 0.5) is 45.5 Å². The second kappa shape index (κ2) is 9.21. The first kappa shape index (κ1) is 25.9. The molecule has 3 heterocycles. The van der Waals surface area contributed by atoms with E-state index in [1.807, 2.05) is 0 Å². The number of hydrogen-bond donors (Lipinski definition) is 1. The summed E-state index contributed by atoms with van der Waals surface area (Å²) in [6, 6.07) is 2.61. The number of anilines is 1. The fourth-order valence-electron chi connectivity index (χ4n) is 4.57. The van der Waals surface area contributed by atoms with Gasteiger partial charge in [0.25, 0.3) is 0 Å². The lowest BCUT2D eigenvalue weighted by Gasteiger charge is -2.30. The average molecular weight is 544 g/mol. The number of halogens is 9. The molecule has 0 spiro atoms. The molecule has 0 bridgehead atoms.